The Morgan fingerprint density at radius 1 is 1.23 bits per heavy atom. The minimum atomic E-state index is 0.140. The fraction of sp³-hybridized carbons (Fsp3) is 0.625. The summed E-state index contributed by atoms with van der Waals surface area (Å²) in [7, 11) is 0. The number of rotatable bonds is 2. The van der Waals surface area contributed by atoms with E-state index >= 15 is 0 Å². The Bertz CT molecular complexity index is 513. The molecule has 22 heavy (non-hydrogen) atoms. The summed E-state index contributed by atoms with van der Waals surface area (Å²) in [5.41, 5.74) is 6.01. The van der Waals surface area contributed by atoms with Crippen molar-refractivity contribution in [1.29, 1.82) is 0 Å². The van der Waals surface area contributed by atoms with Crippen LogP contribution >= 0.6 is 15.9 Å². The van der Waals surface area contributed by atoms with Crippen molar-refractivity contribution in [2.45, 2.75) is 31.7 Å². The number of amides is 1. The largest absolute Gasteiger partial charge is 0.353 e. The number of carbonyl (C=O) groups excluding carboxylic acids is 1. The average molecular weight is 367 g/mol. The van der Waals surface area contributed by atoms with Gasteiger partial charge in [-0.05, 0) is 47.3 Å². The summed E-state index contributed by atoms with van der Waals surface area (Å²) in [6, 6.07) is 4.22. The van der Waals surface area contributed by atoms with Gasteiger partial charge in [-0.15, -0.1) is 0 Å². The number of hydrogen-bond acceptors (Lipinski definition) is 4. The molecule has 1 aromatic rings. The van der Waals surface area contributed by atoms with Crippen LogP contribution in [0.1, 0.15) is 25.7 Å². The molecule has 2 heterocycles. The first-order valence-corrected chi connectivity index (χ1v) is 8.83. The van der Waals surface area contributed by atoms with E-state index < -0.39 is 0 Å². The predicted molar refractivity (Wildman–Crippen MR) is 90.7 cm³/mol. The van der Waals surface area contributed by atoms with Crippen LogP contribution in [0.3, 0.4) is 0 Å². The van der Waals surface area contributed by atoms with Gasteiger partial charge in [0.15, 0.2) is 0 Å². The number of nitrogens with two attached hydrogens (primary N) is 1. The van der Waals surface area contributed by atoms with Crippen LogP contribution in [0, 0.1) is 5.92 Å². The third-order valence-electron chi connectivity index (χ3n) is 4.69. The molecule has 1 aliphatic heterocycles. The number of piperazine rings is 1. The van der Waals surface area contributed by atoms with Gasteiger partial charge in [-0.2, -0.15) is 0 Å². The molecule has 1 aromatic heterocycles. The summed E-state index contributed by atoms with van der Waals surface area (Å²) in [6.07, 6.45) is 5.82. The summed E-state index contributed by atoms with van der Waals surface area (Å²) in [5.74, 6) is 1.43. The monoisotopic (exact) mass is 366 g/mol. The van der Waals surface area contributed by atoms with Crippen molar-refractivity contribution in [3.8, 4) is 0 Å². The van der Waals surface area contributed by atoms with Crippen LogP contribution in [0.5, 0.6) is 0 Å². The number of hydrogen-bond donors (Lipinski definition) is 1. The van der Waals surface area contributed by atoms with Gasteiger partial charge in [0.25, 0.3) is 0 Å². The molecular weight excluding hydrogens is 344 g/mol. The topological polar surface area (TPSA) is 62.5 Å². The zero-order chi connectivity index (χ0) is 15.5. The Morgan fingerprint density at radius 3 is 2.64 bits per heavy atom. The number of anilines is 1. The molecule has 2 aliphatic rings. The Kier molecular flexibility index (Phi) is 4.98. The minimum Gasteiger partial charge on any atom is -0.353 e. The molecule has 1 saturated carbocycles. The number of pyridine rings is 1. The Morgan fingerprint density at radius 2 is 2.00 bits per heavy atom. The van der Waals surface area contributed by atoms with Crippen molar-refractivity contribution < 1.29 is 4.79 Å². The smallest absolute Gasteiger partial charge is 0.225 e. The van der Waals surface area contributed by atoms with Crippen molar-refractivity contribution in [1.82, 2.24) is 9.88 Å². The van der Waals surface area contributed by atoms with E-state index in [4.69, 9.17) is 5.73 Å². The lowest BCUT2D eigenvalue weighted by Crippen LogP contribution is -2.51. The molecular formula is C16H23BrN4O. The summed E-state index contributed by atoms with van der Waals surface area (Å²) in [6.45, 7) is 3.25. The highest BCUT2D eigenvalue weighted by Gasteiger charge is 2.30. The van der Waals surface area contributed by atoms with Gasteiger partial charge >= 0.3 is 0 Å². The van der Waals surface area contributed by atoms with Crippen LogP contribution in [0.25, 0.3) is 0 Å². The molecule has 1 saturated heterocycles. The highest BCUT2D eigenvalue weighted by molar-refractivity contribution is 9.10. The first-order chi connectivity index (χ1) is 10.6. The highest BCUT2D eigenvalue weighted by atomic mass is 79.9. The van der Waals surface area contributed by atoms with Crippen molar-refractivity contribution in [3.63, 3.8) is 0 Å². The molecule has 6 heteroatoms. The molecule has 2 atom stereocenters. The SMILES string of the molecule is N[C@@H]1CCC[C@H](C(=O)N2CCN(c3ccc(Br)cn3)CC2)C1. The zero-order valence-corrected chi connectivity index (χ0v) is 14.3. The number of nitrogens with zero attached hydrogens (tertiary/aromatic N) is 3. The van der Waals surface area contributed by atoms with Crippen LogP contribution in [0.2, 0.25) is 0 Å². The lowest BCUT2D eigenvalue weighted by atomic mass is 9.85. The molecule has 1 aliphatic carbocycles. The first kappa shape index (κ1) is 15.7. The van der Waals surface area contributed by atoms with E-state index in [1.807, 2.05) is 23.2 Å². The van der Waals surface area contributed by atoms with Crippen LogP contribution in [0.15, 0.2) is 22.8 Å². The zero-order valence-electron chi connectivity index (χ0n) is 12.7. The fourth-order valence-electron chi connectivity index (χ4n) is 3.42. The summed E-state index contributed by atoms with van der Waals surface area (Å²) in [5, 5.41) is 0. The first-order valence-electron chi connectivity index (χ1n) is 8.04. The van der Waals surface area contributed by atoms with Gasteiger partial charge in [-0.1, -0.05) is 6.42 Å². The highest BCUT2D eigenvalue weighted by Crippen LogP contribution is 2.26. The van der Waals surface area contributed by atoms with Gasteiger partial charge in [0, 0.05) is 48.8 Å². The second-order valence-corrected chi connectivity index (χ2v) is 7.19. The number of halogens is 1. The maximum absolute atomic E-state index is 12.6. The third-order valence-corrected chi connectivity index (χ3v) is 5.16. The molecule has 0 spiro atoms. The van der Waals surface area contributed by atoms with Crippen LogP contribution in [-0.2, 0) is 4.79 Å². The van der Waals surface area contributed by atoms with Gasteiger partial charge in [-0.25, -0.2) is 4.98 Å². The van der Waals surface area contributed by atoms with Gasteiger partial charge < -0.3 is 15.5 Å². The van der Waals surface area contributed by atoms with Gasteiger partial charge in [0.1, 0.15) is 5.82 Å². The average Bonchev–Trinajstić information content (AvgIpc) is 2.55. The molecule has 0 radical (unpaired) electrons. The van der Waals surface area contributed by atoms with Crippen molar-refractivity contribution in [2.24, 2.45) is 11.7 Å². The second-order valence-electron chi connectivity index (χ2n) is 6.27. The molecule has 1 amide bonds. The molecule has 0 bridgehead atoms. The Balaban J connectivity index is 1.55. The van der Waals surface area contributed by atoms with E-state index in [1.54, 1.807) is 0 Å². The maximum atomic E-state index is 12.6. The standard InChI is InChI=1S/C16H23BrN4O/c17-13-4-5-15(19-11-13)20-6-8-21(9-7-20)16(22)12-2-1-3-14(18)10-12/h4-5,11-12,14H,1-3,6-10,18H2/t12-,14+/m0/s1. The molecule has 2 fully saturated rings. The quantitative estimate of drug-likeness (QED) is 0.869. The minimum absolute atomic E-state index is 0.140. The molecule has 0 unspecified atom stereocenters. The maximum Gasteiger partial charge on any atom is 0.225 e. The molecule has 120 valence electrons. The summed E-state index contributed by atoms with van der Waals surface area (Å²) < 4.78 is 0.985. The molecule has 5 nitrogen and oxygen atoms in total. The van der Waals surface area contributed by atoms with Gasteiger partial charge in [0.05, 0.1) is 0 Å². The van der Waals surface area contributed by atoms with E-state index in [2.05, 4.69) is 25.8 Å². The van der Waals surface area contributed by atoms with Crippen LogP contribution < -0.4 is 10.6 Å². The van der Waals surface area contributed by atoms with E-state index in [1.165, 1.54) is 0 Å². The van der Waals surface area contributed by atoms with Crippen molar-refractivity contribution in [3.05, 3.63) is 22.8 Å². The fourth-order valence-corrected chi connectivity index (χ4v) is 3.66. The summed E-state index contributed by atoms with van der Waals surface area (Å²) in [4.78, 5) is 21.3. The van der Waals surface area contributed by atoms with E-state index in [0.717, 1.165) is 62.2 Å². The van der Waals surface area contributed by atoms with Crippen LogP contribution in [0.4, 0.5) is 5.82 Å². The van der Waals surface area contributed by atoms with Crippen molar-refractivity contribution in [2.75, 3.05) is 31.1 Å². The lowest BCUT2D eigenvalue weighted by Gasteiger charge is -2.38. The van der Waals surface area contributed by atoms with E-state index in [-0.39, 0.29) is 12.0 Å². The van der Waals surface area contributed by atoms with Crippen molar-refractivity contribution >= 4 is 27.7 Å². The van der Waals surface area contributed by atoms with Crippen LogP contribution in [-0.4, -0.2) is 48.0 Å². The Labute approximate surface area is 140 Å². The normalized spacial score (nSPS) is 26.1. The number of carbonyl (C=O) groups is 1. The van der Waals surface area contributed by atoms with Gasteiger partial charge in [-0.3, -0.25) is 4.79 Å². The number of aromatic nitrogens is 1. The predicted octanol–water partition coefficient (Wildman–Crippen LogP) is 2.01. The Hall–Kier alpha value is -1.14. The van der Waals surface area contributed by atoms with Gasteiger partial charge in [0.2, 0.25) is 5.91 Å². The van der Waals surface area contributed by atoms with E-state index in [0.29, 0.717) is 5.91 Å². The molecule has 2 N–H and O–H groups in total. The third kappa shape index (κ3) is 3.60. The summed E-state index contributed by atoms with van der Waals surface area (Å²) >= 11 is 3.40. The molecule has 0 aromatic carbocycles. The second kappa shape index (κ2) is 6.96. The molecule has 3 rings (SSSR count). The van der Waals surface area contributed by atoms with E-state index in [9.17, 15) is 4.79 Å². The lowest BCUT2D eigenvalue weighted by molar-refractivity contribution is -0.137.